The topological polar surface area (TPSA) is 84.2 Å². The highest BCUT2D eigenvalue weighted by atomic mass is 16.5. The van der Waals surface area contributed by atoms with Gasteiger partial charge in [0.1, 0.15) is 5.75 Å². The van der Waals surface area contributed by atoms with Crippen LogP contribution in [0, 0.1) is 0 Å². The minimum Gasteiger partial charge on any atom is -0.497 e. The van der Waals surface area contributed by atoms with E-state index in [2.05, 4.69) is 5.32 Å². The van der Waals surface area contributed by atoms with Crippen LogP contribution in [0.2, 0.25) is 0 Å². The summed E-state index contributed by atoms with van der Waals surface area (Å²) in [6.07, 6.45) is 3.38. The van der Waals surface area contributed by atoms with Crippen molar-refractivity contribution in [3.8, 4) is 5.75 Å². The number of rotatable bonds is 9. The molecule has 2 aromatic carbocycles. The molecule has 4 rings (SSSR count). The molecule has 1 aliphatic heterocycles. The average Bonchev–Trinajstić information content (AvgIpc) is 3.58. The number of carbonyl (C=O) groups excluding carboxylic acids is 2. The first-order chi connectivity index (χ1) is 16.9. The quantitative estimate of drug-likeness (QED) is 0.491. The Kier molecular flexibility index (Phi) is 7.72. The van der Waals surface area contributed by atoms with Crippen LogP contribution in [0.25, 0.3) is 0 Å². The Labute approximate surface area is 205 Å². The molecule has 1 aliphatic rings. The molecule has 8 heteroatoms. The van der Waals surface area contributed by atoms with E-state index in [0.29, 0.717) is 36.7 Å². The van der Waals surface area contributed by atoms with E-state index in [9.17, 15) is 9.59 Å². The molecule has 1 N–H and O–H groups in total. The highest BCUT2D eigenvalue weighted by Gasteiger charge is 2.25. The first kappa shape index (κ1) is 24.3. The van der Waals surface area contributed by atoms with Crippen LogP contribution in [0.15, 0.2) is 65.3 Å². The largest absolute Gasteiger partial charge is 0.497 e. The fourth-order valence-electron chi connectivity index (χ4n) is 4.20. The maximum atomic E-state index is 13.6. The van der Waals surface area contributed by atoms with Gasteiger partial charge in [-0.3, -0.25) is 9.59 Å². The Morgan fingerprint density at radius 1 is 1.11 bits per heavy atom. The van der Waals surface area contributed by atoms with Crippen LogP contribution >= 0.6 is 0 Å². The van der Waals surface area contributed by atoms with Crippen LogP contribution in [0.1, 0.15) is 39.3 Å². The third-order valence-corrected chi connectivity index (χ3v) is 6.00. The van der Waals surface area contributed by atoms with Crippen LogP contribution < -0.4 is 15.0 Å². The number of hydrogen-bond acceptors (Lipinski definition) is 6. The number of ether oxygens (including phenoxy) is 2. The van der Waals surface area contributed by atoms with Crippen molar-refractivity contribution < 1.29 is 23.5 Å². The Bertz CT molecular complexity index is 1140. The van der Waals surface area contributed by atoms with Gasteiger partial charge in [-0.1, -0.05) is 0 Å². The zero-order valence-electron chi connectivity index (χ0n) is 20.3. The molecule has 35 heavy (non-hydrogen) atoms. The van der Waals surface area contributed by atoms with E-state index >= 15 is 0 Å². The Morgan fingerprint density at radius 2 is 1.91 bits per heavy atom. The van der Waals surface area contributed by atoms with Crippen molar-refractivity contribution >= 4 is 23.2 Å². The molecule has 0 aliphatic carbocycles. The van der Waals surface area contributed by atoms with Crippen molar-refractivity contribution in [1.82, 2.24) is 4.90 Å². The molecule has 2 amide bonds. The molecule has 2 heterocycles. The summed E-state index contributed by atoms with van der Waals surface area (Å²) in [5.41, 5.74) is 3.08. The number of hydrogen-bond donors (Lipinski definition) is 1. The van der Waals surface area contributed by atoms with Gasteiger partial charge in [-0.05, 0) is 73.0 Å². The van der Waals surface area contributed by atoms with Crippen LogP contribution in [-0.2, 0) is 11.3 Å². The van der Waals surface area contributed by atoms with E-state index in [4.69, 9.17) is 13.9 Å². The zero-order valence-corrected chi connectivity index (χ0v) is 20.3. The number of furan rings is 1. The second-order valence-corrected chi connectivity index (χ2v) is 8.72. The smallest absolute Gasteiger partial charge is 0.291 e. The van der Waals surface area contributed by atoms with E-state index in [-0.39, 0.29) is 23.7 Å². The van der Waals surface area contributed by atoms with Crippen LogP contribution in [0.3, 0.4) is 0 Å². The molecule has 1 aromatic heterocycles. The SMILES string of the molecule is COc1ccc(C(=O)N(Cc2cc(NC(=O)c3ccco3)ccc2N(C)C)C[C@@H]2CCCO2)cc1. The van der Waals surface area contributed by atoms with Gasteiger partial charge in [0.25, 0.3) is 11.8 Å². The summed E-state index contributed by atoms with van der Waals surface area (Å²) >= 11 is 0. The van der Waals surface area contributed by atoms with E-state index in [1.54, 1.807) is 43.5 Å². The maximum Gasteiger partial charge on any atom is 0.291 e. The lowest BCUT2D eigenvalue weighted by Gasteiger charge is -2.28. The Balaban J connectivity index is 1.61. The minimum absolute atomic E-state index is 0.00171. The van der Waals surface area contributed by atoms with Gasteiger partial charge < -0.3 is 29.0 Å². The summed E-state index contributed by atoms with van der Waals surface area (Å²) in [4.78, 5) is 29.9. The number of benzene rings is 2. The van der Waals surface area contributed by atoms with Crippen LogP contribution in [0.4, 0.5) is 11.4 Å². The van der Waals surface area contributed by atoms with Gasteiger partial charge in [-0.15, -0.1) is 0 Å². The third kappa shape index (κ3) is 6.02. The van der Waals surface area contributed by atoms with Crippen molar-refractivity contribution in [3.05, 3.63) is 77.7 Å². The minimum atomic E-state index is -0.330. The van der Waals surface area contributed by atoms with Crippen molar-refractivity contribution in [2.45, 2.75) is 25.5 Å². The summed E-state index contributed by atoms with van der Waals surface area (Å²) in [6.45, 7) is 1.57. The van der Waals surface area contributed by atoms with E-state index in [0.717, 1.165) is 24.1 Å². The third-order valence-electron chi connectivity index (χ3n) is 6.00. The lowest BCUT2D eigenvalue weighted by Crippen LogP contribution is -2.37. The van der Waals surface area contributed by atoms with Gasteiger partial charge in [0, 0.05) is 50.7 Å². The molecule has 1 saturated heterocycles. The Morgan fingerprint density at radius 3 is 2.54 bits per heavy atom. The predicted molar refractivity (Wildman–Crippen MR) is 134 cm³/mol. The average molecular weight is 478 g/mol. The molecule has 0 bridgehead atoms. The molecule has 0 saturated carbocycles. The number of nitrogens with one attached hydrogen (secondary N) is 1. The molecule has 0 radical (unpaired) electrons. The van der Waals surface area contributed by atoms with E-state index in [1.165, 1.54) is 6.26 Å². The molecule has 0 spiro atoms. The second kappa shape index (κ2) is 11.1. The van der Waals surface area contributed by atoms with Crippen molar-refractivity contribution in [2.24, 2.45) is 0 Å². The number of anilines is 2. The molecule has 1 atom stereocenters. The van der Waals surface area contributed by atoms with Crippen molar-refractivity contribution in [1.29, 1.82) is 0 Å². The van der Waals surface area contributed by atoms with Gasteiger partial charge in [-0.25, -0.2) is 0 Å². The normalized spacial score (nSPS) is 15.0. The number of carbonyl (C=O) groups is 2. The van der Waals surface area contributed by atoms with Crippen molar-refractivity contribution in [3.63, 3.8) is 0 Å². The summed E-state index contributed by atoms with van der Waals surface area (Å²) < 4.78 is 16.3. The number of amides is 2. The highest BCUT2D eigenvalue weighted by Crippen LogP contribution is 2.27. The maximum absolute atomic E-state index is 13.6. The summed E-state index contributed by atoms with van der Waals surface area (Å²) in [5.74, 6) is 0.516. The van der Waals surface area contributed by atoms with Gasteiger partial charge >= 0.3 is 0 Å². The summed E-state index contributed by atoms with van der Waals surface area (Å²) in [5, 5.41) is 2.88. The highest BCUT2D eigenvalue weighted by molar-refractivity contribution is 6.02. The van der Waals surface area contributed by atoms with E-state index < -0.39 is 0 Å². The lowest BCUT2D eigenvalue weighted by atomic mass is 10.1. The predicted octanol–water partition coefficient (Wildman–Crippen LogP) is 4.43. The first-order valence-electron chi connectivity index (χ1n) is 11.6. The van der Waals surface area contributed by atoms with Crippen LogP contribution in [0.5, 0.6) is 5.75 Å². The molecule has 0 unspecified atom stereocenters. The van der Waals surface area contributed by atoms with E-state index in [1.807, 2.05) is 42.1 Å². The summed E-state index contributed by atoms with van der Waals surface area (Å²) in [6, 6.07) is 16.1. The van der Waals surface area contributed by atoms with Crippen molar-refractivity contribution in [2.75, 3.05) is 44.6 Å². The first-order valence-corrected chi connectivity index (χ1v) is 11.6. The molecule has 3 aromatic rings. The fourth-order valence-corrected chi connectivity index (χ4v) is 4.20. The zero-order chi connectivity index (χ0) is 24.8. The second-order valence-electron chi connectivity index (χ2n) is 8.72. The van der Waals surface area contributed by atoms with Gasteiger partial charge in [-0.2, -0.15) is 0 Å². The molecular weight excluding hydrogens is 446 g/mol. The fraction of sp³-hybridized carbons (Fsp3) is 0.333. The number of methoxy groups -OCH3 is 1. The van der Waals surface area contributed by atoms with Gasteiger partial charge in [0.2, 0.25) is 0 Å². The molecular formula is C27H31N3O5. The molecule has 1 fully saturated rings. The van der Waals surface area contributed by atoms with Crippen LogP contribution in [-0.4, -0.2) is 57.2 Å². The van der Waals surface area contributed by atoms with Gasteiger partial charge in [0.15, 0.2) is 5.76 Å². The standard InChI is InChI=1S/C27H31N3O5/c1-29(2)24-13-10-21(28-26(31)25-7-5-15-35-25)16-20(24)17-30(18-23-6-4-14-34-23)27(32)19-8-11-22(33-3)12-9-19/h5,7-13,15-16,23H,4,6,14,17-18H2,1-3H3,(H,28,31)/t23-/m0/s1. The Hall–Kier alpha value is -3.78. The molecule has 184 valence electrons. The lowest BCUT2D eigenvalue weighted by molar-refractivity contribution is 0.0507. The molecule has 8 nitrogen and oxygen atoms in total. The summed E-state index contributed by atoms with van der Waals surface area (Å²) in [7, 11) is 5.51. The number of nitrogens with zero attached hydrogens (tertiary/aromatic N) is 2. The monoisotopic (exact) mass is 477 g/mol. The van der Waals surface area contributed by atoms with Gasteiger partial charge in [0.05, 0.1) is 19.5 Å².